The summed E-state index contributed by atoms with van der Waals surface area (Å²) in [7, 11) is 0. The number of imidazole rings is 1. The molecule has 3 rings (SSSR count). The van der Waals surface area contributed by atoms with Crippen LogP contribution in [0.15, 0.2) is 36.7 Å². The molecule has 0 aliphatic heterocycles. The molecular formula is C15H12ClN5. The minimum atomic E-state index is 0.238. The molecule has 0 spiro atoms. The minimum absolute atomic E-state index is 0.238. The Morgan fingerprint density at radius 3 is 2.76 bits per heavy atom. The minimum Gasteiger partial charge on any atom is -0.395 e. The van der Waals surface area contributed by atoms with E-state index >= 15 is 0 Å². The summed E-state index contributed by atoms with van der Waals surface area (Å²) in [6, 6.07) is 9.46. The second-order valence-electron chi connectivity index (χ2n) is 4.53. The van der Waals surface area contributed by atoms with E-state index in [1.54, 1.807) is 22.9 Å². The zero-order chi connectivity index (χ0) is 15.0. The molecule has 2 heterocycles. The van der Waals surface area contributed by atoms with Gasteiger partial charge in [-0.15, -0.1) is 0 Å². The second-order valence-corrected chi connectivity index (χ2v) is 4.93. The van der Waals surface area contributed by atoms with Crippen LogP contribution in [0.3, 0.4) is 0 Å². The maximum absolute atomic E-state index is 9.52. The number of nitriles is 1. The molecule has 0 radical (unpaired) electrons. The van der Waals surface area contributed by atoms with E-state index < -0.39 is 0 Å². The highest BCUT2D eigenvalue weighted by Gasteiger charge is 2.20. The van der Waals surface area contributed by atoms with Crippen molar-refractivity contribution in [3.8, 4) is 17.2 Å². The first kappa shape index (κ1) is 13.4. The predicted molar refractivity (Wildman–Crippen MR) is 82.7 cm³/mol. The Balaban J connectivity index is 2.52. The van der Waals surface area contributed by atoms with Gasteiger partial charge in [0.05, 0.1) is 11.3 Å². The molecule has 0 amide bonds. The molecule has 104 valence electrons. The number of fused-ring (bicyclic) bond motifs is 1. The van der Waals surface area contributed by atoms with Crippen molar-refractivity contribution in [2.45, 2.75) is 6.54 Å². The molecule has 0 aliphatic rings. The van der Waals surface area contributed by atoms with Crippen LogP contribution in [0.1, 0.15) is 11.3 Å². The number of aromatic nitrogens is 2. The van der Waals surface area contributed by atoms with Crippen LogP contribution in [0, 0.1) is 11.3 Å². The number of nitrogen functional groups attached to an aromatic ring is 1. The highest BCUT2D eigenvalue weighted by molar-refractivity contribution is 6.33. The topological polar surface area (TPSA) is 93.1 Å². The Kier molecular flexibility index (Phi) is 3.26. The van der Waals surface area contributed by atoms with Gasteiger partial charge in [0, 0.05) is 40.8 Å². The molecule has 0 bridgehead atoms. The van der Waals surface area contributed by atoms with Crippen LogP contribution in [0.5, 0.6) is 0 Å². The average molecular weight is 298 g/mol. The summed E-state index contributed by atoms with van der Waals surface area (Å²) in [6.07, 6.45) is 3.40. The number of benzene rings is 1. The molecule has 3 aromatic rings. The van der Waals surface area contributed by atoms with Gasteiger partial charge >= 0.3 is 0 Å². The summed E-state index contributed by atoms with van der Waals surface area (Å²) in [6.45, 7) is 0.238. The molecule has 4 N–H and O–H groups in total. The Morgan fingerprint density at radius 2 is 2.10 bits per heavy atom. The number of anilines is 1. The number of nitrogens with zero attached hydrogens (tertiary/aromatic N) is 3. The Bertz CT molecular complexity index is 876. The maximum atomic E-state index is 9.52. The summed E-state index contributed by atoms with van der Waals surface area (Å²) in [5, 5.41) is 10.1. The highest BCUT2D eigenvalue weighted by Crippen LogP contribution is 2.36. The number of rotatable bonds is 2. The van der Waals surface area contributed by atoms with Crippen LogP contribution in [-0.4, -0.2) is 9.38 Å². The number of halogens is 1. The molecule has 1 aromatic carbocycles. The van der Waals surface area contributed by atoms with Gasteiger partial charge in [0.1, 0.15) is 6.07 Å². The van der Waals surface area contributed by atoms with Crippen molar-refractivity contribution in [2.24, 2.45) is 5.73 Å². The van der Waals surface area contributed by atoms with E-state index in [9.17, 15) is 5.26 Å². The number of nitrogens with two attached hydrogens (primary N) is 2. The van der Waals surface area contributed by atoms with Crippen molar-refractivity contribution in [3.05, 3.63) is 52.9 Å². The normalized spacial score (nSPS) is 10.7. The monoisotopic (exact) mass is 297 g/mol. The van der Waals surface area contributed by atoms with E-state index in [-0.39, 0.29) is 6.54 Å². The zero-order valence-electron chi connectivity index (χ0n) is 11.0. The van der Waals surface area contributed by atoms with Gasteiger partial charge < -0.3 is 15.9 Å². The number of hydrogen-bond donors (Lipinski definition) is 2. The number of hydrogen-bond acceptors (Lipinski definition) is 4. The zero-order valence-corrected chi connectivity index (χ0v) is 11.8. The van der Waals surface area contributed by atoms with Crippen molar-refractivity contribution in [2.75, 3.05) is 5.73 Å². The van der Waals surface area contributed by atoms with E-state index in [1.807, 2.05) is 18.2 Å². The lowest BCUT2D eigenvalue weighted by Crippen LogP contribution is -2.10. The lowest BCUT2D eigenvalue weighted by molar-refractivity contribution is 0.949. The van der Waals surface area contributed by atoms with Crippen LogP contribution in [0.2, 0.25) is 5.02 Å². The van der Waals surface area contributed by atoms with Crippen molar-refractivity contribution in [1.29, 1.82) is 5.26 Å². The Hall–Kier alpha value is -2.55. The Morgan fingerprint density at radius 1 is 1.33 bits per heavy atom. The molecular weight excluding hydrogens is 286 g/mol. The standard InChI is InChI=1S/C15H12ClN5/c16-11-4-2-1-3-9(11)13-10(7-17)14(19)15-20-5-6-21(15)12(13)8-18/h1-6H,8,18-19H2. The highest BCUT2D eigenvalue weighted by atomic mass is 35.5. The molecule has 0 aliphatic carbocycles. The van der Waals surface area contributed by atoms with Gasteiger partial charge in [-0.25, -0.2) is 4.98 Å². The van der Waals surface area contributed by atoms with Gasteiger partial charge in [0.15, 0.2) is 5.65 Å². The molecule has 21 heavy (non-hydrogen) atoms. The van der Waals surface area contributed by atoms with Crippen LogP contribution in [0.4, 0.5) is 5.69 Å². The third-order valence-corrected chi connectivity index (χ3v) is 3.76. The van der Waals surface area contributed by atoms with Gasteiger partial charge in [-0.05, 0) is 6.07 Å². The van der Waals surface area contributed by atoms with Crippen LogP contribution >= 0.6 is 11.6 Å². The summed E-state index contributed by atoms with van der Waals surface area (Å²) >= 11 is 6.28. The van der Waals surface area contributed by atoms with Gasteiger partial charge in [0.25, 0.3) is 0 Å². The lowest BCUT2D eigenvalue weighted by atomic mass is 9.97. The van der Waals surface area contributed by atoms with E-state index in [0.29, 0.717) is 27.5 Å². The fourth-order valence-corrected chi connectivity index (χ4v) is 2.73. The molecule has 5 nitrogen and oxygen atoms in total. The molecule has 2 aromatic heterocycles. The van der Waals surface area contributed by atoms with Gasteiger partial charge in [-0.2, -0.15) is 5.26 Å². The maximum Gasteiger partial charge on any atom is 0.161 e. The van der Waals surface area contributed by atoms with Crippen molar-refractivity contribution < 1.29 is 0 Å². The molecule has 0 unspecified atom stereocenters. The number of pyridine rings is 1. The van der Waals surface area contributed by atoms with Crippen molar-refractivity contribution in [3.63, 3.8) is 0 Å². The third-order valence-electron chi connectivity index (χ3n) is 3.43. The SMILES string of the molecule is N#Cc1c(-c2ccccc2Cl)c(CN)n2ccnc2c1N. The molecule has 0 atom stereocenters. The third kappa shape index (κ3) is 1.93. The molecule has 0 saturated heterocycles. The predicted octanol–water partition coefficient (Wildman–Crippen LogP) is 2.57. The summed E-state index contributed by atoms with van der Waals surface area (Å²) < 4.78 is 1.80. The van der Waals surface area contributed by atoms with Crippen LogP contribution in [0.25, 0.3) is 16.8 Å². The largest absolute Gasteiger partial charge is 0.395 e. The first-order valence-electron chi connectivity index (χ1n) is 6.31. The van der Waals surface area contributed by atoms with E-state index in [1.165, 1.54) is 0 Å². The summed E-state index contributed by atoms with van der Waals surface area (Å²) in [4.78, 5) is 4.19. The summed E-state index contributed by atoms with van der Waals surface area (Å²) in [5.74, 6) is 0. The van der Waals surface area contributed by atoms with Gasteiger partial charge in [0.2, 0.25) is 0 Å². The fraction of sp³-hybridized carbons (Fsp3) is 0.0667. The second kappa shape index (κ2) is 5.09. The molecule has 0 saturated carbocycles. The van der Waals surface area contributed by atoms with E-state index in [2.05, 4.69) is 11.1 Å². The van der Waals surface area contributed by atoms with Crippen molar-refractivity contribution in [1.82, 2.24) is 9.38 Å². The first-order chi connectivity index (χ1) is 10.2. The molecule has 6 heteroatoms. The van der Waals surface area contributed by atoms with E-state index in [0.717, 1.165) is 11.3 Å². The average Bonchev–Trinajstić information content (AvgIpc) is 2.97. The summed E-state index contributed by atoms with van der Waals surface area (Å²) in [5.41, 5.74) is 15.3. The smallest absolute Gasteiger partial charge is 0.161 e. The van der Waals surface area contributed by atoms with Gasteiger partial charge in [-0.3, -0.25) is 0 Å². The van der Waals surface area contributed by atoms with Crippen LogP contribution in [-0.2, 0) is 6.54 Å². The Labute approximate surface area is 126 Å². The fourth-order valence-electron chi connectivity index (χ4n) is 2.50. The quantitative estimate of drug-likeness (QED) is 0.760. The first-order valence-corrected chi connectivity index (χ1v) is 6.69. The van der Waals surface area contributed by atoms with E-state index in [4.69, 9.17) is 23.1 Å². The molecule has 0 fully saturated rings. The van der Waals surface area contributed by atoms with Crippen LogP contribution < -0.4 is 11.5 Å². The van der Waals surface area contributed by atoms with Crippen molar-refractivity contribution >= 4 is 22.9 Å². The lowest BCUT2D eigenvalue weighted by Gasteiger charge is -2.16. The van der Waals surface area contributed by atoms with Gasteiger partial charge in [-0.1, -0.05) is 29.8 Å².